The van der Waals surface area contributed by atoms with Crippen LogP contribution in [0.1, 0.15) is 12.5 Å². The van der Waals surface area contributed by atoms with Gasteiger partial charge in [-0.05, 0) is 24.6 Å². The summed E-state index contributed by atoms with van der Waals surface area (Å²) in [6.07, 6.45) is 0. The Hall–Kier alpha value is -0.490. The first-order valence-corrected chi connectivity index (χ1v) is 7.56. The Bertz CT molecular complexity index is 473. The van der Waals surface area contributed by atoms with Crippen LogP contribution in [0.4, 0.5) is 0 Å². The van der Waals surface area contributed by atoms with Gasteiger partial charge in [-0.3, -0.25) is 4.90 Å². The minimum Gasteiger partial charge on any atom is -0.486 e. The number of fused-ring (bicyclic) bond motifs is 1. The lowest BCUT2D eigenvalue weighted by atomic mass is 10.1. The molecule has 1 unspecified atom stereocenters. The van der Waals surface area contributed by atoms with Crippen molar-refractivity contribution in [3.05, 3.63) is 22.2 Å². The van der Waals surface area contributed by atoms with Crippen molar-refractivity contribution in [2.24, 2.45) is 0 Å². The highest BCUT2D eigenvalue weighted by molar-refractivity contribution is 9.10. The summed E-state index contributed by atoms with van der Waals surface area (Å²) in [6, 6.07) is 4.69. The largest absolute Gasteiger partial charge is 0.486 e. The van der Waals surface area contributed by atoms with Crippen LogP contribution in [-0.2, 0) is 6.54 Å². The first-order valence-electron chi connectivity index (χ1n) is 6.77. The molecule has 0 bridgehead atoms. The van der Waals surface area contributed by atoms with Crippen LogP contribution in [0.2, 0.25) is 0 Å². The fourth-order valence-electron chi connectivity index (χ4n) is 2.56. The van der Waals surface area contributed by atoms with Crippen molar-refractivity contribution in [3.63, 3.8) is 0 Å². The van der Waals surface area contributed by atoms with Crippen LogP contribution in [0.5, 0.6) is 11.5 Å². The second-order valence-corrected chi connectivity index (χ2v) is 5.97. The van der Waals surface area contributed by atoms with Crippen LogP contribution < -0.4 is 14.8 Å². The third kappa shape index (κ3) is 3.39. The van der Waals surface area contributed by atoms with Crippen molar-refractivity contribution < 1.29 is 9.47 Å². The summed E-state index contributed by atoms with van der Waals surface area (Å²) in [6.45, 7) is 7.68. The van der Waals surface area contributed by atoms with E-state index in [1.54, 1.807) is 0 Å². The predicted octanol–water partition coefficient (Wildman–Crippen LogP) is 2.44. The summed E-state index contributed by atoms with van der Waals surface area (Å²) in [5.41, 5.74) is 1.26. The first-order chi connectivity index (χ1) is 9.24. The van der Waals surface area contributed by atoms with E-state index in [0.717, 1.165) is 42.2 Å². The quantitative estimate of drug-likeness (QED) is 0.875. The molecule has 0 aliphatic carbocycles. The molecule has 1 atom stereocenters. The standard InChI is InChI=1S/C14H19BrN2O2.ClH/c1-10-8-16-2-3-17(10)9-11-6-13-14(7-12(11)15)19-5-4-18-13;/h6-7,10,16H,2-5,8-9H2,1H3;1H. The van der Waals surface area contributed by atoms with Gasteiger partial charge in [0, 0.05) is 36.7 Å². The monoisotopic (exact) mass is 362 g/mol. The highest BCUT2D eigenvalue weighted by atomic mass is 79.9. The molecule has 6 heteroatoms. The van der Waals surface area contributed by atoms with Gasteiger partial charge in [-0.25, -0.2) is 0 Å². The Balaban J connectivity index is 0.00000147. The number of rotatable bonds is 2. The minimum absolute atomic E-state index is 0. The fourth-order valence-corrected chi connectivity index (χ4v) is 3.01. The third-order valence-electron chi connectivity index (χ3n) is 3.72. The molecule has 20 heavy (non-hydrogen) atoms. The number of benzene rings is 1. The maximum Gasteiger partial charge on any atom is 0.162 e. The van der Waals surface area contributed by atoms with E-state index in [4.69, 9.17) is 9.47 Å². The van der Waals surface area contributed by atoms with Gasteiger partial charge in [0.05, 0.1) is 0 Å². The summed E-state index contributed by atoms with van der Waals surface area (Å²) in [5, 5.41) is 3.42. The van der Waals surface area contributed by atoms with Crippen LogP contribution in [0.15, 0.2) is 16.6 Å². The Morgan fingerprint density at radius 2 is 2.00 bits per heavy atom. The summed E-state index contributed by atoms with van der Waals surface area (Å²) in [5.74, 6) is 1.71. The number of halogens is 2. The van der Waals surface area contributed by atoms with Gasteiger partial charge in [-0.2, -0.15) is 0 Å². The van der Waals surface area contributed by atoms with Crippen LogP contribution in [-0.4, -0.2) is 43.8 Å². The maximum absolute atomic E-state index is 5.66. The molecule has 1 fully saturated rings. The highest BCUT2D eigenvalue weighted by Crippen LogP contribution is 2.36. The van der Waals surface area contributed by atoms with E-state index in [-0.39, 0.29) is 12.4 Å². The van der Waals surface area contributed by atoms with E-state index >= 15 is 0 Å². The van der Waals surface area contributed by atoms with Crippen LogP contribution in [0.25, 0.3) is 0 Å². The van der Waals surface area contributed by atoms with Gasteiger partial charge in [-0.1, -0.05) is 15.9 Å². The van der Waals surface area contributed by atoms with Gasteiger partial charge in [0.15, 0.2) is 11.5 Å². The topological polar surface area (TPSA) is 33.7 Å². The van der Waals surface area contributed by atoms with E-state index < -0.39 is 0 Å². The Morgan fingerprint density at radius 3 is 2.70 bits per heavy atom. The van der Waals surface area contributed by atoms with Gasteiger partial charge in [0.2, 0.25) is 0 Å². The second-order valence-electron chi connectivity index (χ2n) is 5.11. The summed E-state index contributed by atoms with van der Waals surface area (Å²) >= 11 is 3.64. The van der Waals surface area contributed by atoms with E-state index in [1.807, 2.05) is 6.07 Å². The normalized spacial score (nSPS) is 22.2. The Kier molecular flexibility index (Phi) is 5.55. The molecular formula is C14H20BrClN2O2. The first kappa shape index (κ1) is 15.9. The number of nitrogens with one attached hydrogen (secondary N) is 1. The molecule has 1 aromatic carbocycles. The third-order valence-corrected chi connectivity index (χ3v) is 4.46. The minimum atomic E-state index is 0. The number of nitrogens with zero attached hydrogens (tertiary/aromatic N) is 1. The van der Waals surface area contributed by atoms with Gasteiger partial charge >= 0.3 is 0 Å². The molecule has 1 saturated heterocycles. The highest BCUT2D eigenvalue weighted by Gasteiger charge is 2.21. The maximum atomic E-state index is 5.66. The predicted molar refractivity (Wildman–Crippen MR) is 85.1 cm³/mol. The smallest absolute Gasteiger partial charge is 0.162 e. The lowest BCUT2D eigenvalue weighted by molar-refractivity contribution is 0.161. The molecule has 1 aromatic rings. The summed E-state index contributed by atoms with van der Waals surface area (Å²) < 4.78 is 12.3. The molecule has 1 N–H and O–H groups in total. The number of hydrogen-bond donors (Lipinski definition) is 1. The van der Waals surface area contributed by atoms with E-state index in [9.17, 15) is 0 Å². The molecule has 0 saturated carbocycles. The zero-order valence-corrected chi connectivity index (χ0v) is 13.9. The van der Waals surface area contributed by atoms with Crippen molar-refractivity contribution in [1.29, 1.82) is 0 Å². The summed E-state index contributed by atoms with van der Waals surface area (Å²) in [7, 11) is 0. The van der Waals surface area contributed by atoms with Crippen molar-refractivity contribution >= 4 is 28.3 Å². The van der Waals surface area contributed by atoms with Crippen molar-refractivity contribution in [1.82, 2.24) is 10.2 Å². The number of piperazine rings is 1. The van der Waals surface area contributed by atoms with Crippen molar-refractivity contribution in [2.75, 3.05) is 32.8 Å². The molecule has 0 amide bonds. The van der Waals surface area contributed by atoms with Crippen molar-refractivity contribution in [3.8, 4) is 11.5 Å². The SMILES string of the molecule is CC1CNCCN1Cc1cc2c(cc1Br)OCCO2.Cl. The fraction of sp³-hybridized carbons (Fsp3) is 0.571. The molecule has 3 rings (SSSR count). The van der Waals surface area contributed by atoms with Gasteiger partial charge < -0.3 is 14.8 Å². The zero-order valence-electron chi connectivity index (χ0n) is 11.5. The van der Waals surface area contributed by atoms with Crippen molar-refractivity contribution in [2.45, 2.75) is 19.5 Å². The van der Waals surface area contributed by atoms with Crippen LogP contribution in [0, 0.1) is 0 Å². The molecule has 0 aromatic heterocycles. The molecule has 4 nitrogen and oxygen atoms in total. The molecule has 0 radical (unpaired) electrons. The lowest BCUT2D eigenvalue weighted by Gasteiger charge is -2.34. The zero-order chi connectivity index (χ0) is 13.2. The molecular weight excluding hydrogens is 344 g/mol. The van der Waals surface area contributed by atoms with E-state index in [0.29, 0.717) is 19.3 Å². The van der Waals surface area contributed by atoms with Gasteiger partial charge in [0.1, 0.15) is 13.2 Å². The van der Waals surface area contributed by atoms with Crippen LogP contribution in [0.3, 0.4) is 0 Å². The Morgan fingerprint density at radius 1 is 1.30 bits per heavy atom. The average Bonchev–Trinajstić information content (AvgIpc) is 2.42. The molecule has 2 aliphatic rings. The molecule has 2 heterocycles. The second kappa shape index (κ2) is 6.98. The number of ether oxygens (including phenoxy) is 2. The van der Waals surface area contributed by atoms with E-state index in [2.05, 4.69) is 39.1 Å². The molecule has 112 valence electrons. The Labute approximate surface area is 134 Å². The average molecular weight is 364 g/mol. The van der Waals surface area contributed by atoms with Gasteiger partial charge in [-0.15, -0.1) is 12.4 Å². The molecule has 2 aliphatic heterocycles. The summed E-state index contributed by atoms with van der Waals surface area (Å²) in [4.78, 5) is 2.49. The molecule has 0 spiro atoms. The van der Waals surface area contributed by atoms with Gasteiger partial charge in [0.25, 0.3) is 0 Å². The number of hydrogen-bond acceptors (Lipinski definition) is 4. The van der Waals surface area contributed by atoms with Crippen LogP contribution >= 0.6 is 28.3 Å². The lowest BCUT2D eigenvalue weighted by Crippen LogP contribution is -2.49. The van der Waals surface area contributed by atoms with E-state index in [1.165, 1.54) is 5.56 Å².